The molecule has 0 N–H and O–H groups in total. The van der Waals surface area contributed by atoms with E-state index in [0.717, 1.165) is 5.56 Å². The first kappa shape index (κ1) is 15.3. The van der Waals surface area contributed by atoms with Crippen LogP contribution in [0.15, 0.2) is 45.7 Å². The number of halogens is 1. The van der Waals surface area contributed by atoms with Gasteiger partial charge in [-0.1, -0.05) is 47.7 Å². The molecule has 1 amide bonds. The minimum Gasteiger partial charge on any atom is -0.457 e. The van der Waals surface area contributed by atoms with Gasteiger partial charge in [-0.25, -0.2) is 0 Å². The van der Waals surface area contributed by atoms with E-state index in [1.54, 1.807) is 11.0 Å². The lowest BCUT2D eigenvalue weighted by Gasteiger charge is -2.09. The van der Waals surface area contributed by atoms with E-state index < -0.39 is 0 Å². The van der Waals surface area contributed by atoms with Crippen molar-refractivity contribution in [3.8, 4) is 11.3 Å². The second-order valence-corrected chi connectivity index (χ2v) is 6.75. The minimum atomic E-state index is -0.0711. The first-order chi connectivity index (χ1) is 10.6. The molecule has 22 heavy (non-hydrogen) atoms. The summed E-state index contributed by atoms with van der Waals surface area (Å²) in [4.78, 5) is 14.3. The second kappa shape index (κ2) is 6.28. The fourth-order valence-corrected chi connectivity index (χ4v) is 3.68. The third kappa shape index (κ3) is 2.97. The summed E-state index contributed by atoms with van der Waals surface area (Å²) in [6.45, 7) is 2.48. The van der Waals surface area contributed by atoms with Gasteiger partial charge in [-0.3, -0.25) is 9.69 Å². The molecule has 2 aromatic rings. The highest BCUT2D eigenvalue weighted by Gasteiger charge is 2.30. The number of thioether (sulfide) groups is 1. The summed E-state index contributed by atoms with van der Waals surface area (Å²) in [5, 5.41) is 0.652. The molecule has 2 heterocycles. The van der Waals surface area contributed by atoms with Crippen LogP contribution in [0.1, 0.15) is 12.7 Å². The van der Waals surface area contributed by atoms with Crippen LogP contribution in [0.2, 0.25) is 5.02 Å². The van der Waals surface area contributed by atoms with Gasteiger partial charge in [-0.05, 0) is 31.2 Å². The van der Waals surface area contributed by atoms with E-state index in [1.165, 1.54) is 11.8 Å². The maximum absolute atomic E-state index is 12.2. The van der Waals surface area contributed by atoms with Crippen LogP contribution in [0.4, 0.5) is 0 Å². The number of rotatable bonds is 3. The molecule has 0 aliphatic carbocycles. The van der Waals surface area contributed by atoms with E-state index in [0.29, 0.717) is 32.3 Å². The number of hydrogen-bond donors (Lipinski definition) is 0. The SMILES string of the molecule is CCN1C(=O)C(=Cc2ccc(-c3cccc(Cl)c3)o2)SC1=S. The van der Waals surface area contributed by atoms with Crippen molar-refractivity contribution in [2.75, 3.05) is 6.54 Å². The number of carbonyl (C=O) groups is 1. The first-order valence-electron chi connectivity index (χ1n) is 6.69. The second-order valence-electron chi connectivity index (χ2n) is 4.64. The van der Waals surface area contributed by atoms with Crippen molar-refractivity contribution in [2.45, 2.75) is 6.92 Å². The first-order valence-corrected chi connectivity index (χ1v) is 8.30. The van der Waals surface area contributed by atoms with Crippen molar-refractivity contribution in [1.82, 2.24) is 4.90 Å². The van der Waals surface area contributed by atoms with Gasteiger partial charge in [0.15, 0.2) is 0 Å². The summed E-state index contributed by atoms with van der Waals surface area (Å²) in [6.07, 6.45) is 1.73. The largest absolute Gasteiger partial charge is 0.457 e. The van der Waals surface area contributed by atoms with Gasteiger partial charge in [0.25, 0.3) is 5.91 Å². The van der Waals surface area contributed by atoms with E-state index in [1.807, 2.05) is 43.3 Å². The minimum absolute atomic E-state index is 0.0711. The van der Waals surface area contributed by atoms with Crippen molar-refractivity contribution < 1.29 is 9.21 Å². The van der Waals surface area contributed by atoms with Gasteiger partial charge in [0.2, 0.25) is 0 Å². The highest BCUT2D eigenvalue weighted by Crippen LogP contribution is 2.33. The molecule has 0 bridgehead atoms. The van der Waals surface area contributed by atoms with Crippen molar-refractivity contribution in [2.24, 2.45) is 0 Å². The Kier molecular flexibility index (Phi) is 4.38. The Labute approximate surface area is 142 Å². The Bertz CT molecular complexity index is 782. The van der Waals surface area contributed by atoms with Crippen molar-refractivity contribution in [3.05, 3.63) is 52.1 Å². The Morgan fingerprint density at radius 1 is 1.36 bits per heavy atom. The number of benzene rings is 1. The van der Waals surface area contributed by atoms with Gasteiger partial charge in [-0.2, -0.15) is 0 Å². The lowest BCUT2D eigenvalue weighted by atomic mass is 10.2. The standard InChI is InChI=1S/C16H12ClNO2S2/c1-2-18-15(19)14(22-16(18)21)9-12-6-7-13(20-12)10-4-3-5-11(17)8-10/h3-9H,2H2,1H3. The summed E-state index contributed by atoms with van der Waals surface area (Å²) in [5.74, 6) is 1.25. The van der Waals surface area contributed by atoms with Crippen LogP contribution in [0, 0.1) is 0 Å². The summed E-state index contributed by atoms with van der Waals surface area (Å²) in [5.41, 5.74) is 0.897. The zero-order valence-corrected chi connectivity index (χ0v) is 14.1. The van der Waals surface area contributed by atoms with Crippen LogP contribution in [0.5, 0.6) is 0 Å². The predicted molar refractivity (Wildman–Crippen MR) is 94.7 cm³/mol. The zero-order valence-electron chi connectivity index (χ0n) is 11.7. The smallest absolute Gasteiger partial charge is 0.266 e. The summed E-state index contributed by atoms with van der Waals surface area (Å²) >= 11 is 12.5. The molecule has 0 spiro atoms. The van der Waals surface area contributed by atoms with E-state index >= 15 is 0 Å². The number of carbonyl (C=O) groups excluding carboxylic acids is 1. The Hall–Kier alpha value is -1.56. The van der Waals surface area contributed by atoms with Gasteiger partial charge in [0, 0.05) is 23.2 Å². The average molecular weight is 350 g/mol. The van der Waals surface area contributed by atoms with Crippen LogP contribution in [0.3, 0.4) is 0 Å². The molecule has 1 aromatic carbocycles. The van der Waals surface area contributed by atoms with Gasteiger partial charge in [-0.15, -0.1) is 0 Å². The molecule has 3 nitrogen and oxygen atoms in total. The maximum Gasteiger partial charge on any atom is 0.266 e. The monoisotopic (exact) mass is 349 g/mol. The number of thiocarbonyl (C=S) groups is 1. The van der Waals surface area contributed by atoms with Crippen LogP contribution in [-0.2, 0) is 4.79 Å². The van der Waals surface area contributed by atoms with Crippen molar-refractivity contribution in [3.63, 3.8) is 0 Å². The molecular weight excluding hydrogens is 338 g/mol. The third-order valence-electron chi connectivity index (χ3n) is 3.20. The van der Waals surface area contributed by atoms with Crippen molar-refractivity contribution >= 4 is 51.9 Å². The molecule has 0 saturated carbocycles. The normalized spacial score (nSPS) is 16.8. The van der Waals surface area contributed by atoms with Crippen LogP contribution >= 0.6 is 35.6 Å². The molecule has 1 aromatic heterocycles. The van der Waals surface area contributed by atoms with Crippen LogP contribution < -0.4 is 0 Å². The molecule has 3 rings (SSSR count). The van der Waals surface area contributed by atoms with E-state index in [9.17, 15) is 4.79 Å². The molecule has 6 heteroatoms. The molecule has 0 radical (unpaired) electrons. The Balaban J connectivity index is 1.88. The molecule has 112 valence electrons. The van der Waals surface area contributed by atoms with Gasteiger partial charge in [0.1, 0.15) is 15.8 Å². The quantitative estimate of drug-likeness (QED) is 0.587. The number of furan rings is 1. The number of hydrogen-bond acceptors (Lipinski definition) is 4. The van der Waals surface area contributed by atoms with Gasteiger partial charge in [0.05, 0.1) is 4.91 Å². The fraction of sp³-hybridized carbons (Fsp3) is 0.125. The molecular formula is C16H12ClNO2S2. The summed E-state index contributed by atoms with van der Waals surface area (Å²) in [7, 11) is 0. The number of likely N-dealkylation sites (N-methyl/N-ethyl adjacent to an activating group) is 1. The average Bonchev–Trinajstić information content (AvgIpc) is 3.05. The Morgan fingerprint density at radius 3 is 2.86 bits per heavy atom. The lowest BCUT2D eigenvalue weighted by molar-refractivity contribution is -0.121. The maximum atomic E-state index is 12.2. The number of amides is 1. The lowest BCUT2D eigenvalue weighted by Crippen LogP contribution is -2.27. The van der Waals surface area contributed by atoms with E-state index in [-0.39, 0.29) is 5.91 Å². The molecule has 1 aliphatic heterocycles. The van der Waals surface area contributed by atoms with Gasteiger partial charge < -0.3 is 4.42 Å². The molecule has 1 aliphatic rings. The Morgan fingerprint density at radius 2 is 2.18 bits per heavy atom. The summed E-state index contributed by atoms with van der Waals surface area (Å²) in [6, 6.07) is 11.1. The highest BCUT2D eigenvalue weighted by molar-refractivity contribution is 8.26. The summed E-state index contributed by atoms with van der Waals surface area (Å²) < 4.78 is 6.36. The fourth-order valence-electron chi connectivity index (χ4n) is 2.13. The molecule has 0 unspecified atom stereocenters. The number of nitrogens with zero attached hydrogens (tertiary/aromatic N) is 1. The van der Waals surface area contributed by atoms with E-state index in [4.69, 9.17) is 28.2 Å². The van der Waals surface area contributed by atoms with Crippen molar-refractivity contribution in [1.29, 1.82) is 0 Å². The molecule has 1 fully saturated rings. The highest BCUT2D eigenvalue weighted by atomic mass is 35.5. The topological polar surface area (TPSA) is 33.5 Å². The molecule has 0 atom stereocenters. The third-order valence-corrected chi connectivity index (χ3v) is 4.81. The zero-order chi connectivity index (χ0) is 15.7. The molecule has 1 saturated heterocycles. The van der Waals surface area contributed by atoms with Crippen LogP contribution in [0.25, 0.3) is 17.4 Å². The van der Waals surface area contributed by atoms with Gasteiger partial charge >= 0.3 is 0 Å². The predicted octanol–water partition coefficient (Wildman–Crippen LogP) is 4.82. The van der Waals surface area contributed by atoms with E-state index in [2.05, 4.69) is 0 Å². The van der Waals surface area contributed by atoms with Crippen LogP contribution in [-0.4, -0.2) is 21.7 Å².